The summed E-state index contributed by atoms with van der Waals surface area (Å²) in [6.07, 6.45) is 0.0965. The van der Waals surface area contributed by atoms with Crippen LogP contribution in [0.5, 0.6) is 0 Å². The minimum Gasteiger partial charge on any atom is -0.390 e. The zero-order valence-electron chi connectivity index (χ0n) is 9.51. The number of nitrogen functional groups attached to an aromatic ring is 1. The Balaban J connectivity index is 2.75. The van der Waals surface area contributed by atoms with E-state index in [2.05, 4.69) is 15.3 Å². The monoisotopic (exact) mass is 226 g/mol. The van der Waals surface area contributed by atoms with Crippen LogP contribution in [0.15, 0.2) is 6.20 Å². The summed E-state index contributed by atoms with van der Waals surface area (Å²) in [5.41, 5.74) is 6.51. The lowest BCUT2D eigenvalue weighted by Gasteiger charge is -2.18. The van der Waals surface area contributed by atoms with E-state index < -0.39 is 12.2 Å². The number of nitrogens with two attached hydrogens (primary N) is 1. The average molecular weight is 226 g/mol. The first-order valence-electron chi connectivity index (χ1n) is 5.16. The Morgan fingerprint density at radius 1 is 1.50 bits per heavy atom. The molecule has 1 aromatic heterocycles. The van der Waals surface area contributed by atoms with E-state index in [4.69, 9.17) is 5.73 Å². The van der Waals surface area contributed by atoms with E-state index in [0.717, 1.165) is 0 Å². The Bertz CT molecular complexity index is 346. The quantitative estimate of drug-likeness (QED) is 0.533. The first-order chi connectivity index (χ1) is 7.56. The molecule has 0 amide bonds. The maximum atomic E-state index is 9.89. The van der Waals surface area contributed by atoms with E-state index in [1.165, 1.54) is 6.20 Å². The third-order valence-electron chi connectivity index (χ3n) is 2.41. The van der Waals surface area contributed by atoms with Crippen molar-refractivity contribution in [2.24, 2.45) is 0 Å². The molecular weight excluding hydrogens is 208 g/mol. The van der Waals surface area contributed by atoms with Gasteiger partial charge in [0.15, 0.2) is 0 Å². The Hall–Kier alpha value is -1.24. The molecule has 1 rings (SSSR count). The van der Waals surface area contributed by atoms with Gasteiger partial charge in [-0.15, -0.1) is 0 Å². The van der Waals surface area contributed by atoms with Crippen LogP contribution in [0.3, 0.4) is 0 Å². The number of aliphatic hydroxyl groups is 2. The zero-order chi connectivity index (χ0) is 12.1. The SMILES string of the molecule is CNCCC(O)C(O)c1cnc(N)nc1C. The highest BCUT2D eigenvalue weighted by molar-refractivity contribution is 5.26. The molecule has 90 valence electrons. The van der Waals surface area contributed by atoms with Gasteiger partial charge in [0, 0.05) is 17.5 Å². The molecule has 2 unspecified atom stereocenters. The first kappa shape index (κ1) is 12.8. The van der Waals surface area contributed by atoms with Crippen LogP contribution >= 0.6 is 0 Å². The predicted molar refractivity (Wildman–Crippen MR) is 60.7 cm³/mol. The molecule has 0 aliphatic heterocycles. The van der Waals surface area contributed by atoms with E-state index in [9.17, 15) is 10.2 Å². The highest BCUT2D eigenvalue weighted by Gasteiger charge is 2.20. The smallest absolute Gasteiger partial charge is 0.220 e. The minimum atomic E-state index is -0.978. The minimum absolute atomic E-state index is 0.165. The van der Waals surface area contributed by atoms with E-state index in [1.807, 2.05) is 0 Å². The van der Waals surface area contributed by atoms with Gasteiger partial charge in [0.2, 0.25) is 5.95 Å². The van der Waals surface area contributed by atoms with E-state index in [-0.39, 0.29) is 5.95 Å². The second kappa shape index (κ2) is 5.74. The standard InChI is InChI=1S/C10H18N4O2/c1-6-7(5-13-10(11)14-6)9(16)8(15)3-4-12-2/h5,8-9,12,15-16H,3-4H2,1-2H3,(H2,11,13,14). The third kappa shape index (κ3) is 3.13. The molecule has 1 heterocycles. The maximum absolute atomic E-state index is 9.89. The summed E-state index contributed by atoms with van der Waals surface area (Å²) in [6.45, 7) is 2.36. The van der Waals surface area contributed by atoms with Gasteiger partial charge in [-0.25, -0.2) is 9.97 Å². The van der Waals surface area contributed by atoms with Crippen molar-refractivity contribution in [1.82, 2.24) is 15.3 Å². The lowest BCUT2D eigenvalue weighted by Crippen LogP contribution is -2.24. The van der Waals surface area contributed by atoms with E-state index in [0.29, 0.717) is 24.2 Å². The number of hydrogen-bond donors (Lipinski definition) is 4. The van der Waals surface area contributed by atoms with E-state index in [1.54, 1.807) is 14.0 Å². The molecule has 1 aromatic rings. The predicted octanol–water partition coefficient (Wildman–Crippen LogP) is -0.629. The molecule has 0 saturated heterocycles. The molecule has 2 atom stereocenters. The molecule has 16 heavy (non-hydrogen) atoms. The van der Waals surface area contributed by atoms with Crippen LogP contribution in [0.25, 0.3) is 0 Å². The fraction of sp³-hybridized carbons (Fsp3) is 0.600. The summed E-state index contributed by atoms with van der Waals surface area (Å²) in [6, 6.07) is 0. The van der Waals surface area contributed by atoms with Gasteiger partial charge in [-0.05, 0) is 26.9 Å². The number of nitrogens with zero attached hydrogens (tertiary/aromatic N) is 2. The highest BCUT2D eigenvalue weighted by Crippen LogP contribution is 2.20. The normalized spacial score (nSPS) is 14.8. The van der Waals surface area contributed by atoms with Crippen LogP contribution in [0.1, 0.15) is 23.8 Å². The number of aliphatic hydroxyl groups excluding tert-OH is 2. The van der Waals surface area contributed by atoms with Gasteiger partial charge in [0.1, 0.15) is 6.10 Å². The number of anilines is 1. The largest absolute Gasteiger partial charge is 0.390 e. The van der Waals surface area contributed by atoms with Gasteiger partial charge >= 0.3 is 0 Å². The molecule has 6 nitrogen and oxygen atoms in total. The molecule has 0 spiro atoms. The van der Waals surface area contributed by atoms with Crippen molar-refractivity contribution in [3.05, 3.63) is 17.5 Å². The van der Waals surface area contributed by atoms with Gasteiger partial charge in [0.05, 0.1) is 6.10 Å². The summed E-state index contributed by atoms with van der Waals surface area (Å²) in [7, 11) is 1.79. The van der Waals surface area contributed by atoms with Crippen LogP contribution in [-0.2, 0) is 0 Å². The molecule has 0 radical (unpaired) electrons. The lowest BCUT2D eigenvalue weighted by molar-refractivity contribution is 0.0132. The number of rotatable bonds is 5. The Labute approximate surface area is 94.5 Å². The summed E-state index contributed by atoms with van der Waals surface area (Å²) in [5, 5.41) is 22.5. The van der Waals surface area contributed by atoms with Crippen molar-refractivity contribution in [3.8, 4) is 0 Å². The third-order valence-corrected chi connectivity index (χ3v) is 2.41. The Morgan fingerprint density at radius 2 is 2.19 bits per heavy atom. The van der Waals surface area contributed by atoms with Crippen molar-refractivity contribution in [2.45, 2.75) is 25.6 Å². The number of aryl methyl sites for hydroxylation is 1. The molecule has 5 N–H and O–H groups in total. The van der Waals surface area contributed by atoms with Crippen LogP contribution in [0.4, 0.5) is 5.95 Å². The summed E-state index contributed by atoms with van der Waals surface area (Å²) in [4.78, 5) is 7.74. The number of aromatic nitrogens is 2. The van der Waals surface area contributed by atoms with Gasteiger partial charge in [-0.2, -0.15) is 0 Å². The van der Waals surface area contributed by atoms with Crippen LogP contribution in [0, 0.1) is 6.92 Å². The zero-order valence-corrected chi connectivity index (χ0v) is 9.51. The Morgan fingerprint density at radius 3 is 2.75 bits per heavy atom. The van der Waals surface area contributed by atoms with Gasteiger partial charge in [0.25, 0.3) is 0 Å². The van der Waals surface area contributed by atoms with Gasteiger partial charge < -0.3 is 21.3 Å². The van der Waals surface area contributed by atoms with Crippen LogP contribution in [-0.4, -0.2) is 39.9 Å². The highest BCUT2D eigenvalue weighted by atomic mass is 16.3. The summed E-state index contributed by atoms with van der Waals surface area (Å²) in [5.74, 6) is 0.165. The first-order valence-corrected chi connectivity index (χ1v) is 5.16. The van der Waals surface area contributed by atoms with Crippen LogP contribution < -0.4 is 11.1 Å². The number of hydrogen-bond acceptors (Lipinski definition) is 6. The average Bonchev–Trinajstić information content (AvgIpc) is 2.25. The molecule has 0 fully saturated rings. The number of nitrogens with one attached hydrogen (secondary N) is 1. The second-order valence-corrected chi connectivity index (χ2v) is 3.67. The second-order valence-electron chi connectivity index (χ2n) is 3.67. The molecule has 0 aromatic carbocycles. The molecule has 0 aliphatic carbocycles. The van der Waals surface area contributed by atoms with Crippen LogP contribution in [0.2, 0.25) is 0 Å². The van der Waals surface area contributed by atoms with E-state index >= 15 is 0 Å². The lowest BCUT2D eigenvalue weighted by atomic mass is 10.0. The van der Waals surface area contributed by atoms with Gasteiger partial charge in [-0.3, -0.25) is 0 Å². The fourth-order valence-corrected chi connectivity index (χ4v) is 1.44. The topological polar surface area (TPSA) is 104 Å². The fourth-order valence-electron chi connectivity index (χ4n) is 1.44. The molecule has 6 heteroatoms. The molecule has 0 aliphatic rings. The van der Waals surface area contributed by atoms with Crippen molar-refractivity contribution < 1.29 is 10.2 Å². The molecule has 0 saturated carbocycles. The van der Waals surface area contributed by atoms with Crippen molar-refractivity contribution in [3.63, 3.8) is 0 Å². The van der Waals surface area contributed by atoms with Crippen molar-refractivity contribution in [1.29, 1.82) is 0 Å². The van der Waals surface area contributed by atoms with Crippen molar-refractivity contribution >= 4 is 5.95 Å². The maximum Gasteiger partial charge on any atom is 0.220 e. The summed E-state index contributed by atoms with van der Waals surface area (Å²) < 4.78 is 0. The molecule has 0 bridgehead atoms. The summed E-state index contributed by atoms with van der Waals surface area (Å²) >= 11 is 0. The Kier molecular flexibility index (Phi) is 4.60. The molecular formula is C10H18N4O2. The van der Waals surface area contributed by atoms with Gasteiger partial charge in [-0.1, -0.05) is 0 Å². The van der Waals surface area contributed by atoms with Crippen molar-refractivity contribution in [2.75, 3.05) is 19.3 Å².